The van der Waals surface area contributed by atoms with Gasteiger partial charge in [0.25, 0.3) is 0 Å². The van der Waals surface area contributed by atoms with Crippen LogP contribution in [0.1, 0.15) is 25.0 Å². The van der Waals surface area contributed by atoms with E-state index in [0.717, 1.165) is 5.52 Å². The van der Waals surface area contributed by atoms with Crippen LogP contribution < -0.4 is 4.74 Å². The van der Waals surface area contributed by atoms with Crippen molar-refractivity contribution in [1.29, 1.82) is 0 Å². The Bertz CT molecular complexity index is 613. The maximum absolute atomic E-state index is 13.8. The van der Waals surface area contributed by atoms with Crippen LogP contribution in [0, 0.1) is 5.82 Å². The van der Waals surface area contributed by atoms with Gasteiger partial charge in [-0.25, -0.2) is 9.37 Å². The molecule has 1 aromatic carbocycles. The molecule has 2 unspecified atom stereocenters. The summed E-state index contributed by atoms with van der Waals surface area (Å²) in [6.07, 6.45) is -0.00221. The average Bonchev–Trinajstić information content (AvgIpc) is 2.75. The van der Waals surface area contributed by atoms with E-state index in [9.17, 15) is 4.39 Å². The SMILES string of the molecule is COc1cc2c(cc1F)nc(C(C)Cl)n2CC(C)OC. The molecular formula is C14H18ClFN2O2. The molecule has 0 amide bonds. The number of alkyl halides is 1. The normalized spacial score (nSPS) is 14.5. The van der Waals surface area contributed by atoms with Crippen molar-refractivity contribution in [3.63, 3.8) is 0 Å². The molecule has 4 nitrogen and oxygen atoms in total. The van der Waals surface area contributed by atoms with Crippen LogP contribution in [0.4, 0.5) is 4.39 Å². The van der Waals surface area contributed by atoms with Gasteiger partial charge in [0.15, 0.2) is 11.6 Å². The average molecular weight is 301 g/mol. The third kappa shape index (κ3) is 2.74. The molecule has 0 aliphatic heterocycles. The summed E-state index contributed by atoms with van der Waals surface area (Å²) in [6, 6.07) is 3.01. The van der Waals surface area contributed by atoms with Gasteiger partial charge < -0.3 is 14.0 Å². The van der Waals surface area contributed by atoms with Gasteiger partial charge in [-0.15, -0.1) is 11.6 Å². The van der Waals surface area contributed by atoms with E-state index in [-0.39, 0.29) is 17.2 Å². The van der Waals surface area contributed by atoms with Gasteiger partial charge in [-0.2, -0.15) is 0 Å². The van der Waals surface area contributed by atoms with E-state index < -0.39 is 5.82 Å². The van der Waals surface area contributed by atoms with Gasteiger partial charge in [-0.05, 0) is 13.8 Å². The summed E-state index contributed by atoms with van der Waals surface area (Å²) in [4.78, 5) is 4.42. The molecule has 1 aromatic heterocycles. The van der Waals surface area contributed by atoms with Gasteiger partial charge in [0.05, 0.1) is 36.2 Å². The van der Waals surface area contributed by atoms with Crippen LogP contribution in [0.5, 0.6) is 5.75 Å². The lowest BCUT2D eigenvalue weighted by Gasteiger charge is -2.15. The van der Waals surface area contributed by atoms with Gasteiger partial charge in [-0.1, -0.05) is 0 Å². The molecule has 0 radical (unpaired) electrons. The minimum Gasteiger partial charge on any atom is -0.494 e. The Morgan fingerprint density at radius 3 is 2.60 bits per heavy atom. The number of nitrogens with zero attached hydrogens (tertiary/aromatic N) is 2. The molecule has 0 spiro atoms. The molecule has 0 aliphatic rings. The molecule has 20 heavy (non-hydrogen) atoms. The highest BCUT2D eigenvalue weighted by Gasteiger charge is 2.19. The van der Waals surface area contributed by atoms with E-state index in [0.29, 0.717) is 17.9 Å². The number of fused-ring (bicyclic) bond motifs is 1. The van der Waals surface area contributed by atoms with Crippen molar-refractivity contribution in [2.75, 3.05) is 14.2 Å². The second kappa shape index (κ2) is 5.97. The molecular weight excluding hydrogens is 283 g/mol. The minimum absolute atomic E-state index is 0.00221. The number of methoxy groups -OCH3 is 2. The predicted molar refractivity (Wildman–Crippen MR) is 77.0 cm³/mol. The van der Waals surface area contributed by atoms with Gasteiger partial charge in [0.1, 0.15) is 5.82 Å². The van der Waals surface area contributed by atoms with Crippen molar-refractivity contribution in [1.82, 2.24) is 9.55 Å². The molecule has 0 fully saturated rings. The second-order valence-corrected chi connectivity index (χ2v) is 5.37. The Kier molecular flexibility index (Phi) is 4.50. The van der Waals surface area contributed by atoms with Crippen molar-refractivity contribution in [3.8, 4) is 5.75 Å². The summed E-state index contributed by atoms with van der Waals surface area (Å²) >= 11 is 6.17. The van der Waals surface area contributed by atoms with Crippen LogP contribution in [0.3, 0.4) is 0 Å². The molecule has 0 N–H and O–H groups in total. The number of hydrogen-bond donors (Lipinski definition) is 0. The molecule has 2 atom stereocenters. The molecule has 0 saturated carbocycles. The Morgan fingerprint density at radius 2 is 2.05 bits per heavy atom. The summed E-state index contributed by atoms with van der Waals surface area (Å²) in [5.41, 5.74) is 1.35. The monoisotopic (exact) mass is 300 g/mol. The first-order valence-electron chi connectivity index (χ1n) is 6.38. The highest BCUT2D eigenvalue weighted by atomic mass is 35.5. The standard InChI is InChI=1S/C14H18ClFN2O2/c1-8(19-3)7-18-12-6-13(20-4)10(16)5-11(12)17-14(18)9(2)15/h5-6,8-9H,7H2,1-4H3. The lowest BCUT2D eigenvalue weighted by Crippen LogP contribution is -2.17. The molecule has 0 bridgehead atoms. The number of ether oxygens (including phenoxy) is 2. The number of aromatic nitrogens is 2. The maximum Gasteiger partial charge on any atom is 0.167 e. The van der Waals surface area contributed by atoms with Gasteiger partial charge in [-0.3, -0.25) is 0 Å². The fourth-order valence-electron chi connectivity index (χ4n) is 2.13. The van der Waals surface area contributed by atoms with Crippen molar-refractivity contribution in [2.24, 2.45) is 0 Å². The molecule has 110 valence electrons. The van der Waals surface area contributed by atoms with Crippen molar-refractivity contribution in [2.45, 2.75) is 31.9 Å². The minimum atomic E-state index is -0.432. The Labute approximate surface area is 122 Å². The van der Waals surface area contributed by atoms with E-state index in [2.05, 4.69) is 4.98 Å². The smallest absolute Gasteiger partial charge is 0.167 e. The molecule has 2 aromatic rings. The van der Waals surface area contributed by atoms with Gasteiger partial charge in [0.2, 0.25) is 0 Å². The first-order valence-corrected chi connectivity index (χ1v) is 6.82. The zero-order valence-corrected chi connectivity index (χ0v) is 12.7. The van der Waals surface area contributed by atoms with Crippen molar-refractivity contribution < 1.29 is 13.9 Å². The van der Waals surface area contributed by atoms with Crippen LogP contribution in [0.25, 0.3) is 11.0 Å². The summed E-state index contributed by atoms with van der Waals surface area (Å²) in [5.74, 6) is 0.453. The first kappa shape index (κ1) is 15.1. The molecule has 6 heteroatoms. The number of hydrogen-bond acceptors (Lipinski definition) is 3. The topological polar surface area (TPSA) is 36.3 Å². The number of halogens is 2. The lowest BCUT2D eigenvalue weighted by atomic mass is 10.2. The number of rotatable bonds is 5. The highest BCUT2D eigenvalue weighted by Crippen LogP contribution is 2.29. The van der Waals surface area contributed by atoms with E-state index in [1.807, 2.05) is 18.4 Å². The number of imidazole rings is 1. The fraction of sp³-hybridized carbons (Fsp3) is 0.500. The van der Waals surface area contributed by atoms with Gasteiger partial charge >= 0.3 is 0 Å². The zero-order chi connectivity index (χ0) is 14.9. The second-order valence-electron chi connectivity index (χ2n) is 4.72. The largest absolute Gasteiger partial charge is 0.494 e. The molecule has 0 aliphatic carbocycles. The van der Waals surface area contributed by atoms with Crippen LogP contribution in [0.15, 0.2) is 12.1 Å². The van der Waals surface area contributed by atoms with E-state index in [1.54, 1.807) is 13.2 Å². The quantitative estimate of drug-likeness (QED) is 0.793. The Hall–Kier alpha value is -1.33. The van der Waals surface area contributed by atoms with Gasteiger partial charge in [0, 0.05) is 19.2 Å². The third-order valence-corrected chi connectivity index (χ3v) is 3.44. The Morgan fingerprint density at radius 1 is 1.35 bits per heavy atom. The van der Waals surface area contributed by atoms with Crippen LogP contribution in [-0.2, 0) is 11.3 Å². The molecule has 2 rings (SSSR count). The van der Waals surface area contributed by atoms with Crippen molar-refractivity contribution >= 4 is 22.6 Å². The third-order valence-electron chi connectivity index (χ3n) is 3.25. The van der Waals surface area contributed by atoms with E-state index in [4.69, 9.17) is 21.1 Å². The molecule has 0 saturated heterocycles. The Balaban J connectivity index is 2.63. The fourth-order valence-corrected chi connectivity index (χ4v) is 2.30. The maximum atomic E-state index is 13.8. The van der Waals surface area contributed by atoms with Crippen LogP contribution >= 0.6 is 11.6 Å². The highest BCUT2D eigenvalue weighted by molar-refractivity contribution is 6.20. The summed E-state index contributed by atoms with van der Waals surface area (Å²) in [7, 11) is 3.08. The van der Waals surface area contributed by atoms with E-state index >= 15 is 0 Å². The summed E-state index contributed by atoms with van der Waals surface area (Å²) in [5, 5.41) is -0.277. The number of benzene rings is 1. The zero-order valence-electron chi connectivity index (χ0n) is 12.0. The van der Waals surface area contributed by atoms with Crippen LogP contribution in [-0.4, -0.2) is 29.9 Å². The van der Waals surface area contributed by atoms with Crippen LogP contribution in [0.2, 0.25) is 0 Å². The predicted octanol–water partition coefficient (Wildman–Crippen LogP) is 3.52. The first-order chi connectivity index (χ1) is 9.47. The molecule has 1 heterocycles. The van der Waals surface area contributed by atoms with Crippen molar-refractivity contribution in [3.05, 3.63) is 23.8 Å². The van der Waals surface area contributed by atoms with E-state index in [1.165, 1.54) is 13.2 Å². The summed E-state index contributed by atoms with van der Waals surface area (Å²) < 4.78 is 26.0. The lowest BCUT2D eigenvalue weighted by molar-refractivity contribution is 0.103. The summed E-state index contributed by atoms with van der Waals surface area (Å²) in [6.45, 7) is 4.38.